The lowest BCUT2D eigenvalue weighted by molar-refractivity contribution is 0.414. The number of benzene rings is 2. The minimum Gasteiger partial charge on any atom is -0.497 e. The summed E-state index contributed by atoms with van der Waals surface area (Å²) >= 11 is 13.0. The second-order valence-electron chi connectivity index (χ2n) is 11.2. The van der Waals surface area contributed by atoms with Crippen LogP contribution in [0.2, 0.25) is 5.02 Å². The van der Waals surface area contributed by atoms with Gasteiger partial charge in [0.05, 0.1) is 35.6 Å². The third kappa shape index (κ3) is 5.17. The van der Waals surface area contributed by atoms with Gasteiger partial charge in [-0.25, -0.2) is 0 Å². The fraction of sp³-hybridized carbons (Fsp3) is 0.333. The molecule has 0 unspecified atom stereocenters. The van der Waals surface area contributed by atoms with Crippen LogP contribution in [0.4, 0.5) is 11.4 Å². The molecule has 6 rings (SSSR count). The molecule has 0 amide bonds. The summed E-state index contributed by atoms with van der Waals surface area (Å²) in [7, 11) is 1.69. The van der Waals surface area contributed by atoms with Gasteiger partial charge in [0.15, 0.2) is 5.11 Å². The van der Waals surface area contributed by atoms with Crippen LogP contribution in [-0.4, -0.2) is 34.9 Å². The topological polar surface area (TPSA) is 45.6 Å². The molecule has 6 nitrogen and oxygen atoms in total. The molecule has 0 spiro atoms. The van der Waals surface area contributed by atoms with Crippen LogP contribution in [0.15, 0.2) is 72.9 Å². The second-order valence-corrected chi connectivity index (χ2v) is 12.0. The quantitative estimate of drug-likeness (QED) is 0.236. The molecule has 2 aliphatic heterocycles. The number of hydrogen-bond acceptors (Lipinski definition) is 4. The maximum atomic E-state index is 6.98. The lowest BCUT2D eigenvalue weighted by Gasteiger charge is -2.33. The predicted molar refractivity (Wildman–Crippen MR) is 172 cm³/mol. The molecular formula is C33H36ClN5OS. The molecule has 0 aliphatic carbocycles. The second kappa shape index (κ2) is 11.4. The summed E-state index contributed by atoms with van der Waals surface area (Å²) in [6.07, 6.45) is 4.22. The molecule has 8 heteroatoms. The zero-order valence-electron chi connectivity index (χ0n) is 24.0. The van der Waals surface area contributed by atoms with Gasteiger partial charge in [-0.05, 0) is 111 Å². The van der Waals surface area contributed by atoms with Crippen LogP contribution in [0.5, 0.6) is 5.75 Å². The Kier molecular flexibility index (Phi) is 7.66. The van der Waals surface area contributed by atoms with Crippen molar-refractivity contribution < 1.29 is 4.74 Å². The van der Waals surface area contributed by atoms with Gasteiger partial charge in [0.1, 0.15) is 5.75 Å². The maximum absolute atomic E-state index is 6.98. The highest BCUT2D eigenvalue weighted by atomic mass is 35.5. The Morgan fingerprint density at radius 2 is 1.71 bits per heavy atom. The smallest absolute Gasteiger partial charge is 0.174 e. The van der Waals surface area contributed by atoms with Crippen molar-refractivity contribution in [1.29, 1.82) is 0 Å². The van der Waals surface area contributed by atoms with E-state index in [0.717, 1.165) is 63.9 Å². The van der Waals surface area contributed by atoms with Gasteiger partial charge in [-0.1, -0.05) is 24.6 Å². The van der Waals surface area contributed by atoms with Crippen molar-refractivity contribution in [3.05, 3.63) is 101 Å². The third-order valence-electron chi connectivity index (χ3n) is 8.55. The monoisotopic (exact) mass is 585 g/mol. The molecule has 0 bridgehead atoms. The summed E-state index contributed by atoms with van der Waals surface area (Å²) in [5, 5.41) is 5.01. The molecule has 212 valence electrons. The number of rotatable bonds is 6. The Hall–Kier alpha value is -3.55. The van der Waals surface area contributed by atoms with E-state index >= 15 is 0 Å². The van der Waals surface area contributed by atoms with Gasteiger partial charge in [-0.15, -0.1) is 0 Å². The average Bonchev–Trinajstić information content (AvgIpc) is 3.48. The number of piperidine rings is 1. The lowest BCUT2D eigenvalue weighted by Crippen LogP contribution is -2.33. The summed E-state index contributed by atoms with van der Waals surface area (Å²) in [6, 6.07) is 22.6. The summed E-state index contributed by atoms with van der Waals surface area (Å²) in [5.74, 6) is 1.60. The molecule has 1 N–H and O–H groups in total. The van der Waals surface area contributed by atoms with Crippen molar-refractivity contribution >= 4 is 40.3 Å². The first-order valence-electron chi connectivity index (χ1n) is 14.2. The number of pyridine rings is 1. The average molecular weight is 586 g/mol. The zero-order valence-corrected chi connectivity index (χ0v) is 25.5. The highest BCUT2D eigenvalue weighted by molar-refractivity contribution is 7.80. The van der Waals surface area contributed by atoms with Gasteiger partial charge in [-0.3, -0.25) is 4.98 Å². The third-order valence-corrected chi connectivity index (χ3v) is 9.17. The SMILES string of the molecule is COc1ccc(-n2c(C)cc([C@@H]3[C@@H](c4ccccn4)NC(=S)N3c3ccc(N4CCC(C)CC4)c(Cl)c3)c2C)cc1. The van der Waals surface area contributed by atoms with Crippen molar-refractivity contribution in [3.63, 3.8) is 0 Å². The number of hydrogen-bond donors (Lipinski definition) is 1. The molecule has 2 saturated heterocycles. The van der Waals surface area contributed by atoms with E-state index in [-0.39, 0.29) is 12.1 Å². The zero-order chi connectivity index (χ0) is 28.7. The Morgan fingerprint density at radius 3 is 2.37 bits per heavy atom. The first-order valence-corrected chi connectivity index (χ1v) is 15.0. The van der Waals surface area contributed by atoms with Crippen LogP contribution < -0.4 is 19.9 Å². The van der Waals surface area contributed by atoms with Crippen LogP contribution in [-0.2, 0) is 0 Å². The fourth-order valence-electron chi connectivity index (χ4n) is 6.32. The first kappa shape index (κ1) is 27.6. The van der Waals surface area contributed by atoms with Crippen molar-refractivity contribution in [3.8, 4) is 11.4 Å². The minimum atomic E-state index is -0.129. The summed E-state index contributed by atoms with van der Waals surface area (Å²) < 4.78 is 7.68. The van der Waals surface area contributed by atoms with E-state index < -0.39 is 0 Å². The van der Waals surface area contributed by atoms with Crippen molar-refractivity contribution in [2.75, 3.05) is 30.0 Å². The summed E-state index contributed by atoms with van der Waals surface area (Å²) in [6.45, 7) is 8.71. The number of aryl methyl sites for hydroxylation is 1. The van der Waals surface area contributed by atoms with Gasteiger partial charge in [0.25, 0.3) is 0 Å². The van der Waals surface area contributed by atoms with E-state index in [9.17, 15) is 0 Å². The Morgan fingerprint density at radius 1 is 0.976 bits per heavy atom. The van der Waals surface area contributed by atoms with Crippen LogP contribution in [0, 0.1) is 19.8 Å². The number of ether oxygens (including phenoxy) is 1. The van der Waals surface area contributed by atoms with E-state index in [0.29, 0.717) is 5.11 Å². The highest BCUT2D eigenvalue weighted by Crippen LogP contribution is 2.45. The Balaban J connectivity index is 1.42. The number of nitrogens with zero attached hydrogens (tertiary/aromatic N) is 4. The molecule has 2 fully saturated rings. The molecule has 0 saturated carbocycles. The Labute approximate surface area is 252 Å². The molecule has 2 aliphatic rings. The number of anilines is 2. The van der Waals surface area contributed by atoms with E-state index in [2.05, 4.69) is 82.9 Å². The predicted octanol–water partition coefficient (Wildman–Crippen LogP) is 7.56. The van der Waals surface area contributed by atoms with Crippen molar-refractivity contribution in [2.24, 2.45) is 5.92 Å². The van der Waals surface area contributed by atoms with Crippen LogP contribution >= 0.6 is 23.8 Å². The van der Waals surface area contributed by atoms with Crippen molar-refractivity contribution in [2.45, 2.75) is 45.7 Å². The standard InChI is InChI=1S/C33H36ClN5OS/c1-21-14-17-37(18-15-21)30-13-10-25(20-28(30)34)39-32(31(36-33(39)41)29-7-5-6-16-35-29)27-19-22(2)38(23(27)3)24-8-11-26(40-4)12-9-24/h5-13,16,19-21,31-32H,14-15,17-18H2,1-4H3,(H,36,41)/t31-,32-/m1/s1. The first-order chi connectivity index (χ1) is 19.9. The van der Waals surface area contributed by atoms with E-state index in [4.69, 9.17) is 33.5 Å². The van der Waals surface area contributed by atoms with Gasteiger partial charge >= 0.3 is 0 Å². The number of halogens is 1. The fourth-order valence-corrected chi connectivity index (χ4v) is 6.96. The minimum absolute atomic E-state index is 0.117. The van der Waals surface area contributed by atoms with Gasteiger partial charge in [-0.2, -0.15) is 0 Å². The molecule has 41 heavy (non-hydrogen) atoms. The van der Waals surface area contributed by atoms with Crippen molar-refractivity contribution in [1.82, 2.24) is 14.9 Å². The number of methoxy groups -OCH3 is 1. The lowest BCUT2D eigenvalue weighted by atomic mass is 9.96. The molecular weight excluding hydrogens is 550 g/mol. The number of aromatic nitrogens is 2. The normalized spacial score (nSPS) is 19.5. The van der Waals surface area contributed by atoms with E-state index in [1.165, 1.54) is 18.4 Å². The highest BCUT2D eigenvalue weighted by Gasteiger charge is 2.42. The number of nitrogens with one attached hydrogen (secondary N) is 1. The van der Waals surface area contributed by atoms with Gasteiger partial charge < -0.3 is 24.4 Å². The molecule has 2 aromatic carbocycles. The summed E-state index contributed by atoms with van der Waals surface area (Å²) in [5.41, 5.74) is 7.58. The van der Waals surface area contributed by atoms with E-state index in [1.54, 1.807) is 7.11 Å². The summed E-state index contributed by atoms with van der Waals surface area (Å²) in [4.78, 5) is 9.35. The molecule has 4 heterocycles. The Bertz CT molecular complexity index is 1550. The van der Waals surface area contributed by atoms with Gasteiger partial charge in [0.2, 0.25) is 0 Å². The van der Waals surface area contributed by atoms with Gasteiger partial charge in [0, 0.05) is 42.0 Å². The van der Waals surface area contributed by atoms with Crippen LogP contribution in [0.25, 0.3) is 5.69 Å². The molecule has 4 aromatic rings. The van der Waals surface area contributed by atoms with Crippen LogP contribution in [0.3, 0.4) is 0 Å². The van der Waals surface area contributed by atoms with Crippen LogP contribution in [0.1, 0.15) is 54.5 Å². The maximum Gasteiger partial charge on any atom is 0.174 e. The molecule has 0 radical (unpaired) electrons. The molecule has 2 aromatic heterocycles. The molecule has 2 atom stereocenters. The van der Waals surface area contributed by atoms with E-state index in [1.807, 2.05) is 30.5 Å². The largest absolute Gasteiger partial charge is 0.497 e. The number of thiocarbonyl (C=S) groups is 1.